The molecule has 5 nitrogen and oxygen atoms in total. The zero-order valence-electron chi connectivity index (χ0n) is 8.08. The summed E-state index contributed by atoms with van der Waals surface area (Å²) in [5.41, 5.74) is 0.510. The first kappa shape index (κ1) is 10.9. The number of aromatic amines is 2. The molecule has 82 valence electrons. The summed E-state index contributed by atoms with van der Waals surface area (Å²) in [6, 6.07) is 7.39. The highest BCUT2D eigenvalue weighted by molar-refractivity contribution is 14.1. The zero-order valence-corrected chi connectivity index (χ0v) is 10.2. The van der Waals surface area contributed by atoms with E-state index >= 15 is 0 Å². The quantitative estimate of drug-likeness (QED) is 0.731. The van der Waals surface area contributed by atoms with Gasteiger partial charge in [-0.15, -0.1) is 0 Å². The maximum atomic E-state index is 11.6. The van der Waals surface area contributed by atoms with Gasteiger partial charge in [0.2, 0.25) is 0 Å². The zero-order chi connectivity index (χ0) is 11.5. The van der Waals surface area contributed by atoms with Crippen LogP contribution < -0.4 is 11.0 Å². The van der Waals surface area contributed by atoms with Crippen LogP contribution in [-0.2, 0) is 0 Å². The number of carbonyl (C=O) groups is 1. The number of hydrogen-bond donors (Lipinski definition) is 3. The number of aromatic nitrogens is 2. The lowest BCUT2D eigenvalue weighted by molar-refractivity contribution is 0.102. The SMILES string of the molecule is O=C(Nc1cccc(I)c1)c1c[nH]c(=O)[nH]1. The van der Waals surface area contributed by atoms with Crippen LogP contribution in [0, 0.1) is 3.57 Å². The molecule has 0 saturated heterocycles. The van der Waals surface area contributed by atoms with Crippen molar-refractivity contribution in [1.29, 1.82) is 0 Å². The Balaban J connectivity index is 2.16. The molecule has 1 aromatic carbocycles. The van der Waals surface area contributed by atoms with E-state index in [0.29, 0.717) is 5.69 Å². The lowest BCUT2D eigenvalue weighted by Gasteiger charge is -2.03. The van der Waals surface area contributed by atoms with Crippen molar-refractivity contribution >= 4 is 34.2 Å². The van der Waals surface area contributed by atoms with Crippen LogP contribution in [0.4, 0.5) is 5.69 Å². The van der Waals surface area contributed by atoms with Crippen LogP contribution in [0.25, 0.3) is 0 Å². The second kappa shape index (κ2) is 4.52. The molecule has 0 atom stereocenters. The van der Waals surface area contributed by atoms with Gasteiger partial charge < -0.3 is 15.3 Å². The number of H-pyrrole nitrogens is 2. The number of halogens is 1. The third-order valence-electron chi connectivity index (χ3n) is 1.92. The van der Waals surface area contributed by atoms with Crippen LogP contribution in [0.5, 0.6) is 0 Å². The van der Waals surface area contributed by atoms with E-state index in [1.807, 2.05) is 18.2 Å². The van der Waals surface area contributed by atoms with E-state index in [0.717, 1.165) is 3.57 Å². The van der Waals surface area contributed by atoms with Crippen LogP contribution >= 0.6 is 22.6 Å². The van der Waals surface area contributed by atoms with Gasteiger partial charge in [-0.25, -0.2) is 4.79 Å². The van der Waals surface area contributed by atoms with Crippen LogP contribution in [0.3, 0.4) is 0 Å². The molecule has 0 unspecified atom stereocenters. The summed E-state index contributed by atoms with van der Waals surface area (Å²) in [4.78, 5) is 27.2. The number of anilines is 1. The van der Waals surface area contributed by atoms with Gasteiger partial charge in [0.25, 0.3) is 5.91 Å². The van der Waals surface area contributed by atoms with E-state index in [4.69, 9.17) is 0 Å². The molecule has 2 rings (SSSR count). The van der Waals surface area contributed by atoms with Crippen molar-refractivity contribution in [2.75, 3.05) is 5.32 Å². The highest BCUT2D eigenvalue weighted by atomic mass is 127. The minimum atomic E-state index is -0.396. The van der Waals surface area contributed by atoms with E-state index in [1.165, 1.54) is 6.20 Å². The van der Waals surface area contributed by atoms with Crippen molar-refractivity contribution in [3.05, 3.63) is 50.2 Å². The molecule has 0 radical (unpaired) electrons. The lowest BCUT2D eigenvalue weighted by Crippen LogP contribution is -2.13. The number of nitrogens with one attached hydrogen (secondary N) is 3. The van der Waals surface area contributed by atoms with Crippen molar-refractivity contribution in [2.45, 2.75) is 0 Å². The third-order valence-corrected chi connectivity index (χ3v) is 2.59. The summed E-state index contributed by atoms with van der Waals surface area (Å²) < 4.78 is 1.03. The molecule has 3 N–H and O–H groups in total. The largest absolute Gasteiger partial charge is 0.323 e. The monoisotopic (exact) mass is 329 g/mol. The summed E-state index contributed by atoms with van der Waals surface area (Å²) >= 11 is 2.16. The Morgan fingerprint density at radius 2 is 2.19 bits per heavy atom. The molecule has 1 heterocycles. The molecule has 2 aromatic rings. The number of hydrogen-bond acceptors (Lipinski definition) is 2. The Hall–Kier alpha value is -1.57. The summed E-state index contributed by atoms with van der Waals surface area (Å²) in [7, 11) is 0. The fourth-order valence-electron chi connectivity index (χ4n) is 1.22. The van der Waals surface area contributed by atoms with Gasteiger partial charge in [0.1, 0.15) is 5.69 Å². The summed E-state index contributed by atoms with van der Waals surface area (Å²) in [6.45, 7) is 0. The van der Waals surface area contributed by atoms with E-state index < -0.39 is 5.69 Å². The highest BCUT2D eigenvalue weighted by Gasteiger charge is 2.07. The molecule has 0 aliphatic rings. The predicted octanol–water partition coefficient (Wildman–Crippen LogP) is 1.56. The highest BCUT2D eigenvalue weighted by Crippen LogP contribution is 2.12. The van der Waals surface area contributed by atoms with E-state index in [1.54, 1.807) is 6.07 Å². The Bertz CT molecular complexity index is 573. The summed E-state index contributed by atoms with van der Waals surface area (Å²) in [5.74, 6) is -0.347. The molecule has 0 aliphatic carbocycles. The standard InChI is InChI=1S/C10H8IN3O2/c11-6-2-1-3-7(4-6)13-9(15)8-5-12-10(16)14-8/h1-5H,(H,13,15)(H2,12,14,16). The average Bonchev–Trinajstić information content (AvgIpc) is 2.65. The summed E-state index contributed by atoms with van der Waals surface area (Å²) in [6.07, 6.45) is 1.34. The molecule has 0 saturated carbocycles. The lowest BCUT2D eigenvalue weighted by atomic mass is 10.3. The second-order valence-corrected chi connectivity index (χ2v) is 4.37. The molecule has 0 fully saturated rings. The number of benzene rings is 1. The van der Waals surface area contributed by atoms with Crippen LogP contribution in [-0.4, -0.2) is 15.9 Å². The Morgan fingerprint density at radius 3 is 2.81 bits per heavy atom. The molecule has 6 heteroatoms. The third kappa shape index (κ3) is 2.51. The predicted molar refractivity (Wildman–Crippen MR) is 68.5 cm³/mol. The smallest absolute Gasteiger partial charge is 0.321 e. The molecule has 1 aromatic heterocycles. The van der Waals surface area contributed by atoms with Gasteiger partial charge in [-0.3, -0.25) is 4.79 Å². The number of amides is 1. The van der Waals surface area contributed by atoms with E-state index in [9.17, 15) is 9.59 Å². The van der Waals surface area contributed by atoms with Crippen LogP contribution in [0.2, 0.25) is 0 Å². The van der Waals surface area contributed by atoms with E-state index in [2.05, 4.69) is 37.9 Å². The minimum absolute atomic E-state index is 0.212. The van der Waals surface area contributed by atoms with E-state index in [-0.39, 0.29) is 11.6 Å². The average molecular weight is 329 g/mol. The van der Waals surface area contributed by atoms with Crippen molar-refractivity contribution in [3.63, 3.8) is 0 Å². The fraction of sp³-hybridized carbons (Fsp3) is 0. The Labute approximate surface area is 104 Å². The fourth-order valence-corrected chi connectivity index (χ4v) is 1.76. The van der Waals surface area contributed by atoms with Gasteiger partial charge in [0.05, 0.1) is 0 Å². The van der Waals surface area contributed by atoms with Crippen molar-refractivity contribution in [3.8, 4) is 0 Å². The number of carbonyl (C=O) groups excluding carboxylic acids is 1. The van der Waals surface area contributed by atoms with Gasteiger partial charge in [0, 0.05) is 15.5 Å². The normalized spacial score (nSPS) is 10.1. The summed E-state index contributed by atoms with van der Waals surface area (Å²) in [5, 5.41) is 2.68. The van der Waals surface area contributed by atoms with Gasteiger partial charge in [-0.1, -0.05) is 6.07 Å². The van der Waals surface area contributed by atoms with Crippen LogP contribution in [0.1, 0.15) is 10.5 Å². The first-order valence-electron chi connectivity index (χ1n) is 4.50. The van der Waals surface area contributed by atoms with Crippen molar-refractivity contribution < 1.29 is 4.79 Å². The van der Waals surface area contributed by atoms with Gasteiger partial charge >= 0.3 is 5.69 Å². The molecular weight excluding hydrogens is 321 g/mol. The maximum absolute atomic E-state index is 11.6. The molecule has 16 heavy (non-hydrogen) atoms. The first-order chi connectivity index (χ1) is 7.65. The topological polar surface area (TPSA) is 77.8 Å². The molecule has 1 amide bonds. The van der Waals surface area contributed by atoms with Crippen molar-refractivity contribution in [2.24, 2.45) is 0 Å². The van der Waals surface area contributed by atoms with Gasteiger partial charge in [-0.2, -0.15) is 0 Å². The van der Waals surface area contributed by atoms with Gasteiger partial charge in [-0.05, 0) is 40.8 Å². The first-order valence-corrected chi connectivity index (χ1v) is 5.57. The second-order valence-electron chi connectivity index (χ2n) is 3.12. The number of rotatable bonds is 2. The minimum Gasteiger partial charge on any atom is -0.321 e. The molecule has 0 spiro atoms. The molecule has 0 aliphatic heterocycles. The molecular formula is C10H8IN3O2. The Morgan fingerprint density at radius 1 is 1.38 bits per heavy atom. The van der Waals surface area contributed by atoms with Crippen molar-refractivity contribution in [1.82, 2.24) is 9.97 Å². The maximum Gasteiger partial charge on any atom is 0.323 e. The van der Waals surface area contributed by atoms with Gasteiger partial charge in [0.15, 0.2) is 0 Å². The number of imidazole rings is 1. The Kier molecular flexibility index (Phi) is 3.09. The molecule has 0 bridgehead atoms. The van der Waals surface area contributed by atoms with Crippen LogP contribution in [0.15, 0.2) is 35.3 Å².